The molecule has 5 nitrogen and oxygen atoms in total. The quantitative estimate of drug-likeness (QED) is 0.485. The first kappa shape index (κ1) is 19.4. The molecule has 0 heterocycles. The van der Waals surface area contributed by atoms with Crippen LogP contribution in [0.25, 0.3) is 0 Å². The van der Waals surface area contributed by atoms with Gasteiger partial charge < -0.3 is 18.9 Å². The first-order valence-corrected chi connectivity index (χ1v) is 8.30. The van der Waals surface area contributed by atoms with Gasteiger partial charge in [-0.15, -0.1) is 0 Å². The third-order valence-electron chi connectivity index (χ3n) is 3.12. The molecular formula is C18H18Cl2O5. The molecule has 0 bridgehead atoms. The van der Waals surface area contributed by atoms with Crippen LogP contribution < -0.4 is 9.47 Å². The number of esters is 1. The Bertz CT molecular complexity index is 703. The second kappa shape index (κ2) is 9.51. The molecule has 1 atom stereocenters. The summed E-state index contributed by atoms with van der Waals surface area (Å²) in [6.07, 6.45) is -0.727. The lowest BCUT2D eigenvalue weighted by Crippen LogP contribution is -2.27. The molecule has 0 aromatic heterocycles. The van der Waals surface area contributed by atoms with Gasteiger partial charge >= 0.3 is 5.97 Å². The molecule has 134 valence electrons. The summed E-state index contributed by atoms with van der Waals surface area (Å²) < 4.78 is 21.0. The van der Waals surface area contributed by atoms with E-state index in [1.54, 1.807) is 49.4 Å². The molecule has 1 unspecified atom stereocenters. The van der Waals surface area contributed by atoms with Crippen LogP contribution in [0.4, 0.5) is 0 Å². The predicted molar refractivity (Wildman–Crippen MR) is 95.9 cm³/mol. The van der Waals surface area contributed by atoms with Crippen molar-refractivity contribution in [3.63, 3.8) is 0 Å². The van der Waals surface area contributed by atoms with Gasteiger partial charge in [0.1, 0.15) is 23.9 Å². The number of methoxy groups -OCH3 is 1. The summed E-state index contributed by atoms with van der Waals surface area (Å²) in [6.45, 7) is 2.16. The van der Waals surface area contributed by atoms with Crippen molar-refractivity contribution in [2.24, 2.45) is 0 Å². The zero-order valence-corrected chi connectivity index (χ0v) is 15.3. The van der Waals surface area contributed by atoms with E-state index >= 15 is 0 Å². The molecule has 0 N–H and O–H groups in total. The maximum absolute atomic E-state index is 11.7. The van der Waals surface area contributed by atoms with Gasteiger partial charge in [0.05, 0.1) is 11.6 Å². The average molecular weight is 385 g/mol. The molecule has 2 aromatic rings. The van der Waals surface area contributed by atoms with Crippen LogP contribution in [0.5, 0.6) is 17.2 Å². The van der Waals surface area contributed by atoms with Crippen LogP contribution >= 0.6 is 23.2 Å². The normalized spacial score (nSPS) is 11.7. The zero-order chi connectivity index (χ0) is 18.2. The van der Waals surface area contributed by atoms with Crippen molar-refractivity contribution >= 4 is 29.2 Å². The largest absolute Gasteiger partial charge is 0.479 e. The van der Waals surface area contributed by atoms with Crippen molar-refractivity contribution in [1.82, 2.24) is 0 Å². The van der Waals surface area contributed by atoms with E-state index in [2.05, 4.69) is 0 Å². The van der Waals surface area contributed by atoms with E-state index in [1.807, 2.05) is 0 Å². The fourth-order valence-corrected chi connectivity index (χ4v) is 2.31. The maximum atomic E-state index is 11.7. The van der Waals surface area contributed by atoms with Gasteiger partial charge in [-0.25, -0.2) is 4.79 Å². The molecule has 0 radical (unpaired) electrons. The molecule has 0 aliphatic rings. The van der Waals surface area contributed by atoms with Gasteiger partial charge in [0, 0.05) is 12.1 Å². The van der Waals surface area contributed by atoms with Crippen molar-refractivity contribution in [2.45, 2.75) is 13.0 Å². The number of rotatable bonds is 8. The lowest BCUT2D eigenvalue weighted by molar-refractivity contribution is -0.152. The number of benzene rings is 2. The molecule has 0 spiro atoms. The minimum atomic E-state index is -0.727. The standard InChI is InChI=1S/C18H18Cl2O5/c1-12(18(21)23-10-9-22-2)24-14-4-6-15(7-5-14)25-17-8-3-13(19)11-16(17)20/h3-8,11-12H,9-10H2,1-2H3. The highest BCUT2D eigenvalue weighted by molar-refractivity contribution is 6.35. The van der Waals surface area contributed by atoms with Gasteiger partial charge in [-0.05, 0) is 49.4 Å². The molecule has 0 saturated carbocycles. The van der Waals surface area contributed by atoms with E-state index in [0.29, 0.717) is 33.9 Å². The molecular weight excluding hydrogens is 367 g/mol. The first-order valence-electron chi connectivity index (χ1n) is 7.55. The Kier molecular flexibility index (Phi) is 7.37. The highest BCUT2D eigenvalue weighted by Crippen LogP contribution is 2.32. The van der Waals surface area contributed by atoms with Crippen LogP contribution in [0.3, 0.4) is 0 Å². The molecule has 0 aliphatic heterocycles. The zero-order valence-electron chi connectivity index (χ0n) is 13.8. The summed E-state index contributed by atoms with van der Waals surface area (Å²) in [5.41, 5.74) is 0. The molecule has 2 aromatic carbocycles. The van der Waals surface area contributed by atoms with E-state index in [4.69, 9.17) is 42.1 Å². The number of carbonyl (C=O) groups is 1. The number of ether oxygens (including phenoxy) is 4. The Morgan fingerprint density at radius 1 is 1.04 bits per heavy atom. The van der Waals surface area contributed by atoms with Crippen molar-refractivity contribution in [2.75, 3.05) is 20.3 Å². The second-order valence-electron chi connectivity index (χ2n) is 5.07. The summed E-state index contributed by atoms with van der Waals surface area (Å²) in [5, 5.41) is 0.952. The molecule has 0 fully saturated rings. The topological polar surface area (TPSA) is 54.0 Å². The Morgan fingerprint density at radius 3 is 2.36 bits per heavy atom. The fraction of sp³-hybridized carbons (Fsp3) is 0.278. The van der Waals surface area contributed by atoms with Gasteiger partial charge in [-0.1, -0.05) is 23.2 Å². The maximum Gasteiger partial charge on any atom is 0.347 e. The van der Waals surface area contributed by atoms with E-state index in [-0.39, 0.29) is 6.61 Å². The monoisotopic (exact) mass is 384 g/mol. The lowest BCUT2D eigenvalue weighted by atomic mass is 10.3. The van der Waals surface area contributed by atoms with E-state index in [9.17, 15) is 4.79 Å². The van der Waals surface area contributed by atoms with Crippen molar-refractivity contribution in [3.05, 3.63) is 52.5 Å². The molecule has 0 amide bonds. The summed E-state index contributed by atoms with van der Waals surface area (Å²) in [5.74, 6) is 1.14. The molecule has 7 heteroatoms. The lowest BCUT2D eigenvalue weighted by Gasteiger charge is -2.14. The van der Waals surface area contributed by atoms with Crippen LogP contribution in [0.15, 0.2) is 42.5 Å². The average Bonchev–Trinajstić information content (AvgIpc) is 2.59. The predicted octanol–water partition coefficient (Wildman–Crippen LogP) is 4.74. The van der Waals surface area contributed by atoms with Gasteiger partial charge in [0.15, 0.2) is 6.10 Å². The molecule has 0 saturated heterocycles. The highest BCUT2D eigenvalue weighted by Gasteiger charge is 2.16. The van der Waals surface area contributed by atoms with Crippen molar-refractivity contribution < 1.29 is 23.7 Å². The number of hydrogen-bond acceptors (Lipinski definition) is 5. The van der Waals surface area contributed by atoms with Crippen molar-refractivity contribution in [3.8, 4) is 17.2 Å². The summed E-state index contributed by atoms with van der Waals surface area (Å²) in [4.78, 5) is 11.7. The Balaban J connectivity index is 1.92. The SMILES string of the molecule is COCCOC(=O)C(C)Oc1ccc(Oc2ccc(Cl)cc2Cl)cc1. The molecule has 25 heavy (non-hydrogen) atoms. The summed E-state index contributed by atoms with van der Waals surface area (Å²) in [7, 11) is 1.54. The van der Waals surface area contributed by atoms with E-state index in [1.165, 1.54) is 7.11 Å². The van der Waals surface area contributed by atoms with E-state index in [0.717, 1.165) is 0 Å². The molecule has 2 rings (SSSR count). The minimum Gasteiger partial charge on any atom is -0.479 e. The van der Waals surface area contributed by atoms with Gasteiger partial charge in [-0.3, -0.25) is 0 Å². The number of hydrogen-bond donors (Lipinski definition) is 0. The van der Waals surface area contributed by atoms with Crippen LogP contribution in [-0.4, -0.2) is 32.4 Å². The third kappa shape index (κ3) is 6.12. The Morgan fingerprint density at radius 2 is 1.72 bits per heavy atom. The van der Waals surface area contributed by atoms with Crippen molar-refractivity contribution in [1.29, 1.82) is 0 Å². The van der Waals surface area contributed by atoms with Crippen LogP contribution in [-0.2, 0) is 14.3 Å². The summed E-state index contributed by atoms with van der Waals surface area (Å²) >= 11 is 11.9. The highest BCUT2D eigenvalue weighted by atomic mass is 35.5. The van der Waals surface area contributed by atoms with Gasteiger partial charge in [0.2, 0.25) is 0 Å². The Labute approximate surface area is 156 Å². The van der Waals surface area contributed by atoms with Crippen LogP contribution in [0.1, 0.15) is 6.92 Å². The smallest absolute Gasteiger partial charge is 0.347 e. The number of halogens is 2. The van der Waals surface area contributed by atoms with Gasteiger partial charge in [0.25, 0.3) is 0 Å². The van der Waals surface area contributed by atoms with Crippen LogP contribution in [0.2, 0.25) is 10.0 Å². The fourth-order valence-electron chi connectivity index (χ4n) is 1.87. The first-order chi connectivity index (χ1) is 12.0. The van der Waals surface area contributed by atoms with Gasteiger partial charge in [-0.2, -0.15) is 0 Å². The minimum absolute atomic E-state index is 0.192. The van der Waals surface area contributed by atoms with E-state index < -0.39 is 12.1 Å². The Hall–Kier alpha value is -1.95. The second-order valence-corrected chi connectivity index (χ2v) is 5.91. The summed E-state index contributed by atoms with van der Waals surface area (Å²) in [6, 6.07) is 11.8. The molecule has 0 aliphatic carbocycles. The van der Waals surface area contributed by atoms with Crippen LogP contribution in [0, 0.1) is 0 Å². The third-order valence-corrected chi connectivity index (χ3v) is 3.65. The number of carbonyl (C=O) groups excluding carboxylic acids is 1.